The zero-order valence-electron chi connectivity index (χ0n) is 11.9. The first-order valence-electron chi connectivity index (χ1n) is 6.99. The smallest absolute Gasteiger partial charge is 0.231 e. The number of nitrogens with two attached hydrogens (primary N) is 1. The van der Waals surface area contributed by atoms with Crippen LogP contribution in [0.4, 0.5) is 15.8 Å². The predicted octanol–water partition coefficient (Wildman–Crippen LogP) is 2.85. The van der Waals surface area contributed by atoms with Gasteiger partial charge in [0.15, 0.2) is 0 Å². The summed E-state index contributed by atoms with van der Waals surface area (Å²) in [5.41, 5.74) is 10.1. The predicted molar refractivity (Wildman–Crippen MR) is 81.8 cm³/mol. The summed E-state index contributed by atoms with van der Waals surface area (Å²) in [5.74, 6) is -0.434. The third-order valence-corrected chi connectivity index (χ3v) is 3.96. The summed E-state index contributed by atoms with van der Waals surface area (Å²) in [4.78, 5) is 14.2. The van der Waals surface area contributed by atoms with Gasteiger partial charge < -0.3 is 10.6 Å². The normalized spacial score (nSPS) is 13.3. The van der Waals surface area contributed by atoms with Crippen molar-refractivity contribution in [2.45, 2.75) is 19.8 Å². The van der Waals surface area contributed by atoms with E-state index in [1.165, 1.54) is 6.07 Å². The van der Waals surface area contributed by atoms with Gasteiger partial charge in [-0.1, -0.05) is 24.3 Å². The quantitative estimate of drug-likeness (QED) is 0.862. The second kappa shape index (κ2) is 5.20. The summed E-state index contributed by atoms with van der Waals surface area (Å²) in [7, 11) is 0. The molecule has 0 saturated heterocycles. The minimum atomic E-state index is -0.339. The second-order valence-corrected chi connectivity index (χ2v) is 5.40. The molecule has 3 nitrogen and oxygen atoms in total. The molecule has 1 heterocycles. The number of anilines is 2. The van der Waals surface area contributed by atoms with E-state index < -0.39 is 0 Å². The molecule has 0 aliphatic carbocycles. The monoisotopic (exact) mass is 284 g/mol. The molecule has 4 heteroatoms. The van der Waals surface area contributed by atoms with Crippen molar-refractivity contribution < 1.29 is 9.18 Å². The third kappa shape index (κ3) is 2.49. The molecule has 1 aliphatic heterocycles. The lowest BCUT2D eigenvalue weighted by Gasteiger charge is -2.18. The largest absolute Gasteiger partial charge is 0.398 e. The fourth-order valence-corrected chi connectivity index (χ4v) is 2.74. The standard InChI is InChI=1S/C17H17FN2O/c1-11-8-13-6-7-20(16(13)10-15(11)19)17(21)9-12-4-2-3-5-14(12)18/h2-5,8,10H,6-7,9,19H2,1H3. The number of nitrogens with zero attached hydrogens (tertiary/aromatic N) is 1. The Morgan fingerprint density at radius 3 is 2.86 bits per heavy atom. The van der Waals surface area contributed by atoms with Crippen LogP contribution >= 0.6 is 0 Å². The molecule has 0 saturated carbocycles. The Balaban J connectivity index is 1.86. The van der Waals surface area contributed by atoms with Crippen molar-refractivity contribution in [2.75, 3.05) is 17.2 Å². The van der Waals surface area contributed by atoms with Gasteiger partial charge in [0, 0.05) is 17.9 Å². The number of benzene rings is 2. The Hall–Kier alpha value is -2.36. The molecule has 0 unspecified atom stereocenters. The number of hydrogen-bond acceptors (Lipinski definition) is 2. The van der Waals surface area contributed by atoms with Crippen LogP contribution in [0.15, 0.2) is 36.4 Å². The molecule has 21 heavy (non-hydrogen) atoms. The number of hydrogen-bond donors (Lipinski definition) is 1. The Bertz CT molecular complexity index is 712. The van der Waals surface area contributed by atoms with Gasteiger partial charge in [0.2, 0.25) is 5.91 Å². The van der Waals surface area contributed by atoms with Gasteiger partial charge in [-0.15, -0.1) is 0 Å². The molecule has 0 spiro atoms. The first-order valence-corrected chi connectivity index (χ1v) is 6.99. The molecule has 3 rings (SSSR count). The SMILES string of the molecule is Cc1cc2c(cc1N)N(C(=O)Cc1ccccc1F)CC2. The lowest BCUT2D eigenvalue weighted by molar-refractivity contribution is -0.117. The lowest BCUT2D eigenvalue weighted by Crippen LogP contribution is -2.30. The maximum Gasteiger partial charge on any atom is 0.231 e. The molecule has 1 aliphatic rings. The molecule has 0 fully saturated rings. The zero-order valence-corrected chi connectivity index (χ0v) is 11.9. The van der Waals surface area contributed by atoms with Crippen molar-refractivity contribution in [1.82, 2.24) is 0 Å². The molecular weight excluding hydrogens is 267 g/mol. The fourth-order valence-electron chi connectivity index (χ4n) is 2.74. The van der Waals surface area contributed by atoms with Crippen LogP contribution in [-0.4, -0.2) is 12.5 Å². The van der Waals surface area contributed by atoms with E-state index in [1.54, 1.807) is 23.1 Å². The molecule has 0 bridgehead atoms. The van der Waals surface area contributed by atoms with Gasteiger partial charge in [0.05, 0.1) is 6.42 Å². The van der Waals surface area contributed by atoms with Crippen LogP contribution in [0.25, 0.3) is 0 Å². The number of amides is 1. The van der Waals surface area contributed by atoms with E-state index >= 15 is 0 Å². The van der Waals surface area contributed by atoms with Crippen molar-refractivity contribution in [2.24, 2.45) is 0 Å². The second-order valence-electron chi connectivity index (χ2n) is 5.40. The van der Waals surface area contributed by atoms with Crippen molar-refractivity contribution >= 4 is 17.3 Å². The summed E-state index contributed by atoms with van der Waals surface area (Å²) in [6.07, 6.45) is 0.888. The van der Waals surface area contributed by atoms with E-state index in [1.807, 2.05) is 19.1 Å². The highest BCUT2D eigenvalue weighted by Crippen LogP contribution is 2.32. The number of nitrogen functional groups attached to an aromatic ring is 1. The first kappa shape index (κ1) is 13.6. The van der Waals surface area contributed by atoms with Crippen molar-refractivity contribution in [3.63, 3.8) is 0 Å². The Kier molecular flexibility index (Phi) is 3.37. The van der Waals surface area contributed by atoms with Crippen molar-refractivity contribution in [3.05, 3.63) is 58.9 Å². The topological polar surface area (TPSA) is 46.3 Å². The van der Waals surface area contributed by atoms with Crippen LogP contribution in [0.3, 0.4) is 0 Å². The highest BCUT2D eigenvalue weighted by atomic mass is 19.1. The Morgan fingerprint density at radius 2 is 2.10 bits per heavy atom. The highest BCUT2D eigenvalue weighted by Gasteiger charge is 2.25. The lowest BCUT2D eigenvalue weighted by atomic mass is 10.1. The van der Waals surface area contributed by atoms with Gasteiger partial charge in [0.1, 0.15) is 5.82 Å². The molecule has 0 radical (unpaired) electrons. The van der Waals surface area contributed by atoms with E-state index in [0.717, 1.165) is 23.2 Å². The van der Waals surface area contributed by atoms with E-state index in [-0.39, 0.29) is 18.1 Å². The van der Waals surface area contributed by atoms with E-state index in [9.17, 15) is 9.18 Å². The van der Waals surface area contributed by atoms with Crippen LogP contribution in [0.5, 0.6) is 0 Å². The van der Waals surface area contributed by atoms with Crippen LogP contribution < -0.4 is 10.6 Å². The van der Waals surface area contributed by atoms with Crippen LogP contribution in [0.2, 0.25) is 0 Å². The number of carbonyl (C=O) groups excluding carboxylic acids is 1. The summed E-state index contributed by atoms with van der Waals surface area (Å²) in [6, 6.07) is 10.3. The van der Waals surface area contributed by atoms with E-state index in [0.29, 0.717) is 17.8 Å². The maximum absolute atomic E-state index is 13.7. The van der Waals surface area contributed by atoms with Crippen molar-refractivity contribution in [1.29, 1.82) is 0 Å². The van der Waals surface area contributed by atoms with Gasteiger partial charge in [-0.25, -0.2) is 4.39 Å². The van der Waals surface area contributed by atoms with Crippen LogP contribution in [-0.2, 0) is 17.6 Å². The summed E-state index contributed by atoms with van der Waals surface area (Å²) in [5, 5.41) is 0. The molecule has 2 N–H and O–H groups in total. The van der Waals surface area contributed by atoms with Gasteiger partial charge in [-0.2, -0.15) is 0 Å². The van der Waals surface area contributed by atoms with Gasteiger partial charge in [0.25, 0.3) is 0 Å². The average molecular weight is 284 g/mol. The molecule has 0 atom stereocenters. The number of carbonyl (C=O) groups is 1. The maximum atomic E-state index is 13.7. The molecule has 108 valence electrons. The number of aryl methyl sites for hydroxylation is 1. The minimum absolute atomic E-state index is 0.0693. The number of fused-ring (bicyclic) bond motifs is 1. The number of halogens is 1. The molecule has 1 amide bonds. The van der Waals surface area contributed by atoms with Gasteiger partial charge in [-0.3, -0.25) is 4.79 Å². The van der Waals surface area contributed by atoms with E-state index in [4.69, 9.17) is 5.73 Å². The van der Waals surface area contributed by atoms with Gasteiger partial charge in [-0.05, 0) is 42.2 Å². The fraction of sp³-hybridized carbons (Fsp3) is 0.235. The van der Waals surface area contributed by atoms with Gasteiger partial charge >= 0.3 is 0 Å². The first-order chi connectivity index (χ1) is 10.1. The average Bonchev–Trinajstić information content (AvgIpc) is 2.85. The molecule has 2 aromatic carbocycles. The summed E-state index contributed by atoms with van der Waals surface area (Å²) in [6.45, 7) is 2.59. The highest BCUT2D eigenvalue weighted by molar-refractivity contribution is 5.97. The van der Waals surface area contributed by atoms with E-state index in [2.05, 4.69) is 0 Å². The molecule has 0 aromatic heterocycles. The van der Waals surface area contributed by atoms with Crippen LogP contribution in [0, 0.1) is 12.7 Å². The van der Waals surface area contributed by atoms with Crippen molar-refractivity contribution in [3.8, 4) is 0 Å². The zero-order chi connectivity index (χ0) is 15.0. The summed E-state index contributed by atoms with van der Waals surface area (Å²) < 4.78 is 13.7. The molecule has 2 aromatic rings. The summed E-state index contributed by atoms with van der Waals surface area (Å²) >= 11 is 0. The van der Waals surface area contributed by atoms with Crippen LogP contribution in [0.1, 0.15) is 16.7 Å². The Morgan fingerprint density at radius 1 is 1.33 bits per heavy atom. The number of rotatable bonds is 2. The molecular formula is C17H17FN2O. The Labute approximate surface area is 123 Å². The third-order valence-electron chi connectivity index (χ3n) is 3.96. The minimum Gasteiger partial charge on any atom is -0.398 e.